The fraction of sp³-hybridized carbons (Fsp3) is 0.355. The fourth-order valence-electron chi connectivity index (χ4n) is 5.68. The van der Waals surface area contributed by atoms with Crippen LogP contribution >= 0.6 is 11.6 Å². The van der Waals surface area contributed by atoms with E-state index in [9.17, 15) is 17.2 Å². The Kier molecular flexibility index (Phi) is 8.39. The summed E-state index contributed by atoms with van der Waals surface area (Å²) in [5, 5.41) is 0.617. The van der Waals surface area contributed by atoms with Gasteiger partial charge in [-0.15, -0.1) is 0 Å². The van der Waals surface area contributed by atoms with Gasteiger partial charge in [0.15, 0.2) is 9.84 Å². The maximum absolute atomic E-state index is 14.0. The molecule has 0 radical (unpaired) electrons. The number of hydrogen-bond donors (Lipinski definition) is 1. The van der Waals surface area contributed by atoms with Crippen LogP contribution in [0.15, 0.2) is 72.3 Å². The van der Waals surface area contributed by atoms with Gasteiger partial charge >= 0.3 is 0 Å². The number of hydrogen-bond acceptors (Lipinski definition) is 4. The molecule has 0 aromatic heterocycles. The van der Waals surface area contributed by atoms with Crippen LogP contribution in [0.4, 0.5) is 8.78 Å². The van der Waals surface area contributed by atoms with Gasteiger partial charge in [-0.2, -0.15) is 0 Å². The summed E-state index contributed by atoms with van der Waals surface area (Å²) < 4.78 is 53.4. The van der Waals surface area contributed by atoms with Gasteiger partial charge in [-0.05, 0) is 63.9 Å². The lowest BCUT2D eigenvalue weighted by atomic mass is 9.72. The van der Waals surface area contributed by atoms with Gasteiger partial charge in [0.05, 0.1) is 10.9 Å². The summed E-state index contributed by atoms with van der Waals surface area (Å²) in [6, 6.07) is 18.5. The Morgan fingerprint density at radius 1 is 0.872 bits per heavy atom. The monoisotopic (exact) mass is 572 g/mol. The Labute approximate surface area is 235 Å². The van der Waals surface area contributed by atoms with Crippen molar-refractivity contribution >= 4 is 26.3 Å². The van der Waals surface area contributed by atoms with Crippen molar-refractivity contribution in [3.8, 4) is 0 Å². The molecule has 0 unspecified atom stereocenters. The van der Waals surface area contributed by atoms with Gasteiger partial charge in [0.25, 0.3) is 0 Å². The molecule has 1 aliphatic heterocycles. The molecule has 1 aliphatic rings. The average Bonchev–Trinajstić information content (AvgIpc) is 2.81. The maximum atomic E-state index is 14.0. The van der Waals surface area contributed by atoms with E-state index in [0.717, 1.165) is 41.1 Å². The van der Waals surface area contributed by atoms with E-state index in [0.29, 0.717) is 23.7 Å². The molecule has 208 valence electrons. The largest absolute Gasteiger partial charge is 0.321 e. The number of rotatable bonds is 8. The molecule has 0 aliphatic carbocycles. The first-order chi connectivity index (χ1) is 18.2. The molecular weight excluding hydrogens is 538 g/mol. The zero-order valence-electron chi connectivity index (χ0n) is 22.9. The van der Waals surface area contributed by atoms with Crippen LogP contribution in [-0.4, -0.2) is 32.7 Å². The second-order valence-corrected chi connectivity index (χ2v) is 13.5. The third-order valence-electron chi connectivity index (χ3n) is 7.79. The second kappa shape index (κ2) is 11.1. The van der Waals surface area contributed by atoms with Crippen LogP contribution in [0.1, 0.15) is 56.0 Å². The molecular formula is C31H35ClF2N2O2S. The molecule has 0 amide bonds. The minimum atomic E-state index is -3.75. The predicted molar refractivity (Wildman–Crippen MR) is 155 cm³/mol. The number of sulfone groups is 1. The van der Waals surface area contributed by atoms with Crippen molar-refractivity contribution < 1.29 is 17.2 Å². The van der Waals surface area contributed by atoms with E-state index in [4.69, 9.17) is 17.3 Å². The van der Waals surface area contributed by atoms with Crippen molar-refractivity contribution in [2.24, 2.45) is 17.6 Å². The van der Waals surface area contributed by atoms with Crippen LogP contribution < -0.4 is 5.73 Å². The van der Waals surface area contributed by atoms with Crippen molar-refractivity contribution in [1.29, 1.82) is 0 Å². The number of likely N-dealkylation sites (tertiary alicyclic amines) is 1. The Morgan fingerprint density at radius 2 is 1.33 bits per heavy atom. The molecule has 4 nitrogen and oxygen atoms in total. The molecule has 1 heterocycles. The predicted octanol–water partition coefficient (Wildman–Crippen LogP) is 6.95. The van der Waals surface area contributed by atoms with Gasteiger partial charge in [0.2, 0.25) is 0 Å². The zero-order chi connectivity index (χ0) is 28.7. The lowest BCUT2D eigenvalue weighted by molar-refractivity contribution is 0.202. The molecule has 1 fully saturated rings. The van der Waals surface area contributed by atoms with Crippen molar-refractivity contribution in [2.75, 3.05) is 19.3 Å². The molecule has 3 aromatic rings. The van der Waals surface area contributed by atoms with Crippen LogP contribution in [-0.2, 0) is 15.4 Å². The third kappa shape index (κ3) is 5.97. The van der Waals surface area contributed by atoms with Crippen molar-refractivity contribution in [2.45, 2.75) is 39.3 Å². The first kappa shape index (κ1) is 29.4. The van der Waals surface area contributed by atoms with Crippen LogP contribution in [0.3, 0.4) is 0 Å². The molecule has 1 saturated heterocycles. The molecule has 3 aromatic carbocycles. The van der Waals surface area contributed by atoms with Crippen molar-refractivity contribution in [1.82, 2.24) is 4.90 Å². The van der Waals surface area contributed by atoms with E-state index in [2.05, 4.69) is 56.9 Å². The van der Waals surface area contributed by atoms with Gasteiger partial charge in [-0.25, -0.2) is 17.2 Å². The second-order valence-electron chi connectivity index (χ2n) is 11.1. The number of nitrogens with two attached hydrogens (primary N) is 1. The highest BCUT2D eigenvalue weighted by Crippen LogP contribution is 2.40. The lowest BCUT2D eigenvalue weighted by Gasteiger charge is -2.42. The van der Waals surface area contributed by atoms with Gasteiger partial charge in [0, 0.05) is 36.0 Å². The highest BCUT2D eigenvalue weighted by atomic mass is 35.5. The summed E-state index contributed by atoms with van der Waals surface area (Å²) >= 11 is 6.17. The topological polar surface area (TPSA) is 63.4 Å². The summed E-state index contributed by atoms with van der Waals surface area (Å²) in [5.41, 5.74) is 10.1. The summed E-state index contributed by atoms with van der Waals surface area (Å²) in [4.78, 5) is 2.11. The van der Waals surface area contributed by atoms with E-state index in [1.807, 2.05) is 24.3 Å². The molecule has 4 rings (SSSR count). The van der Waals surface area contributed by atoms with E-state index in [-0.39, 0.29) is 28.3 Å². The molecule has 0 spiro atoms. The molecule has 39 heavy (non-hydrogen) atoms. The highest BCUT2D eigenvalue weighted by molar-refractivity contribution is 8.00. The maximum Gasteiger partial charge on any atom is 0.176 e. The lowest BCUT2D eigenvalue weighted by Crippen LogP contribution is -2.47. The molecule has 0 bridgehead atoms. The van der Waals surface area contributed by atoms with Crippen LogP contribution in [0.5, 0.6) is 0 Å². The standard InChI is InChI=1S/C31H35ClF2N2O2S/c1-19(2)31(35,20(3)4)25-10-6-21(7-11-25)29(22-8-12-26(32)13-9-22)36-17-24(18-36)30(39(5,37)38)23-14-27(33)16-28(34)15-23/h6-16,19-20,29H,17-18,35H2,1-5H3/t29-/m1/s1. The minimum absolute atomic E-state index is 0.0239. The third-order valence-corrected chi connectivity index (χ3v) is 9.31. The Bertz CT molecular complexity index is 1450. The number of benzene rings is 3. The summed E-state index contributed by atoms with van der Waals surface area (Å²) in [6.45, 7) is 9.16. The smallest absolute Gasteiger partial charge is 0.176 e. The fourth-order valence-corrected chi connectivity index (χ4v) is 7.01. The van der Waals surface area contributed by atoms with Gasteiger partial charge in [-0.3, -0.25) is 4.90 Å². The van der Waals surface area contributed by atoms with Crippen molar-refractivity contribution in [3.63, 3.8) is 0 Å². The first-order valence-electron chi connectivity index (χ1n) is 13.0. The van der Waals surface area contributed by atoms with Gasteiger partial charge in [0.1, 0.15) is 11.6 Å². The average molecular weight is 573 g/mol. The SMILES string of the molecule is CC(C)C(N)(c1ccc([C@H](c2ccc(Cl)cc2)N2CC(=C(c3cc(F)cc(F)c3)S(C)(=O)=O)C2)cc1)C(C)C. The zero-order valence-corrected chi connectivity index (χ0v) is 24.5. The van der Waals surface area contributed by atoms with E-state index in [1.54, 1.807) is 0 Å². The number of nitrogens with zero attached hydrogens (tertiary/aromatic N) is 1. The summed E-state index contributed by atoms with van der Waals surface area (Å²) in [7, 11) is -3.75. The Morgan fingerprint density at radius 3 is 1.77 bits per heavy atom. The van der Waals surface area contributed by atoms with Gasteiger partial charge in [-0.1, -0.05) is 75.7 Å². The van der Waals surface area contributed by atoms with Crippen molar-refractivity contribution in [3.05, 3.63) is 111 Å². The first-order valence-corrected chi connectivity index (χ1v) is 15.3. The molecule has 8 heteroatoms. The Hall–Kier alpha value is -2.58. The van der Waals surface area contributed by atoms with E-state index >= 15 is 0 Å². The molecule has 1 atom stereocenters. The molecule has 2 N–H and O–H groups in total. The highest BCUT2D eigenvalue weighted by Gasteiger charge is 2.37. The summed E-state index contributed by atoms with van der Waals surface area (Å²) in [6.07, 6.45) is 1.07. The number of halogens is 3. The van der Waals surface area contributed by atoms with E-state index < -0.39 is 27.0 Å². The van der Waals surface area contributed by atoms with Crippen LogP contribution in [0.25, 0.3) is 4.91 Å². The Balaban J connectivity index is 1.74. The molecule has 0 saturated carbocycles. The van der Waals surface area contributed by atoms with Crippen LogP contribution in [0.2, 0.25) is 5.02 Å². The minimum Gasteiger partial charge on any atom is -0.321 e. The quantitative estimate of drug-likeness (QED) is 0.317. The van der Waals surface area contributed by atoms with E-state index in [1.165, 1.54) is 0 Å². The van der Waals surface area contributed by atoms with Gasteiger partial charge < -0.3 is 5.73 Å². The van der Waals surface area contributed by atoms with Crippen LogP contribution in [0, 0.1) is 23.5 Å². The summed E-state index contributed by atoms with van der Waals surface area (Å²) in [5.74, 6) is -1.16. The normalized spacial score (nSPS) is 15.5.